The van der Waals surface area contributed by atoms with Crippen LogP contribution in [-0.4, -0.2) is 12.1 Å². The summed E-state index contributed by atoms with van der Waals surface area (Å²) in [4.78, 5) is 11.7. The molecule has 0 aliphatic carbocycles. The van der Waals surface area contributed by atoms with Gasteiger partial charge in [-0.25, -0.2) is 9.82 Å². The third kappa shape index (κ3) is 3.07. The second kappa shape index (κ2) is 5.48. The number of hydrogen-bond donors (Lipinski definition) is 1. The molecule has 0 aliphatic heterocycles. The fourth-order valence-corrected chi connectivity index (χ4v) is 1.64. The molecule has 2 rings (SSSR count). The summed E-state index contributed by atoms with van der Waals surface area (Å²) in [6, 6.07) is 7.53. The summed E-state index contributed by atoms with van der Waals surface area (Å²) >= 11 is 0. The molecule has 0 saturated carbocycles. The molecule has 19 heavy (non-hydrogen) atoms. The van der Waals surface area contributed by atoms with Gasteiger partial charge in [-0.15, -0.1) is 0 Å². The number of furan rings is 1. The second-order valence-electron chi connectivity index (χ2n) is 4.05. The van der Waals surface area contributed by atoms with Crippen LogP contribution in [-0.2, 0) is 0 Å². The van der Waals surface area contributed by atoms with Crippen molar-refractivity contribution in [1.82, 2.24) is 5.43 Å². The second-order valence-corrected chi connectivity index (χ2v) is 4.05. The highest BCUT2D eigenvalue weighted by Gasteiger charge is 2.09. The lowest BCUT2D eigenvalue weighted by Crippen LogP contribution is -2.18. The monoisotopic (exact) mass is 260 g/mol. The van der Waals surface area contributed by atoms with Gasteiger partial charge >= 0.3 is 0 Å². The zero-order valence-corrected chi connectivity index (χ0v) is 10.6. The molecule has 0 bridgehead atoms. The van der Waals surface area contributed by atoms with E-state index < -0.39 is 11.7 Å². The van der Waals surface area contributed by atoms with Gasteiger partial charge in [0, 0.05) is 5.56 Å². The minimum Gasteiger partial charge on any atom is -0.466 e. The standard InChI is InChI=1S/C14H13FN2O2/c1-9-7-11(10(2)19-9)8-16-17-14(18)12-5-3-4-6-13(12)15/h3-8H,1-2H3,(H,17,18)/b16-8+. The van der Waals surface area contributed by atoms with Crippen LogP contribution in [0.2, 0.25) is 0 Å². The lowest BCUT2D eigenvalue weighted by Gasteiger charge is -2.00. The Hall–Kier alpha value is -2.43. The Bertz CT molecular complexity index is 632. The molecule has 0 atom stereocenters. The predicted molar refractivity (Wildman–Crippen MR) is 69.6 cm³/mol. The number of carbonyl (C=O) groups is 1. The number of aryl methyl sites for hydroxylation is 2. The van der Waals surface area contributed by atoms with Gasteiger partial charge < -0.3 is 4.42 Å². The number of benzene rings is 1. The van der Waals surface area contributed by atoms with Crippen LogP contribution < -0.4 is 5.43 Å². The third-order valence-corrected chi connectivity index (χ3v) is 2.57. The number of rotatable bonds is 3. The summed E-state index contributed by atoms with van der Waals surface area (Å²) in [6.45, 7) is 3.62. The molecule has 1 N–H and O–H groups in total. The lowest BCUT2D eigenvalue weighted by molar-refractivity contribution is 0.0951. The maximum atomic E-state index is 13.3. The summed E-state index contributed by atoms with van der Waals surface area (Å²) < 4.78 is 18.6. The Morgan fingerprint density at radius 3 is 2.74 bits per heavy atom. The van der Waals surface area contributed by atoms with Crippen molar-refractivity contribution in [2.75, 3.05) is 0 Å². The van der Waals surface area contributed by atoms with Crippen molar-refractivity contribution >= 4 is 12.1 Å². The van der Waals surface area contributed by atoms with E-state index in [1.807, 2.05) is 6.92 Å². The quantitative estimate of drug-likeness (QED) is 0.681. The Labute approximate surface area is 109 Å². The number of hydrazone groups is 1. The molecule has 0 fully saturated rings. The third-order valence-electron chi connectivity index (χ3n) is 2.57. The van der Waals surface area contributed by atoms with Crippen molar-refractivity contribution in [3.8, 4) is 0 Å². The molecule has 1 amide bonds. The Morgan fingerprint density at radius 1 is 1.37 bits per heavy atom. The van der Waals surface area contributed by atoms with E-state index in [0.29, 0.717) is 5.76 Å². The molecular weight excluding hydrogens is 247 g/mol. The SMILES string of the molecule is Cc1cc(/C=N/NC(=O)c2ccccc2F)c(C)o1. The fraction of sp³-hybridized carbons (Fsp3) is 0.143. The van der Waals surface area contributed by atoms with Crippen molar-refractivity contribution in [3.05, 3.63) is 58.8 Å². The molecule has 0 radical (unpaired) electrons. The molecule has 0 spiro atoms. The summed E-state index contributed by atoms with van der Waals surface area (Å²) in [7, 11) is 0. The molecule has 1 aromatic carbocycles. The molecular formula is C14H13FN2O2. The van der Waals surface area contributed by atoms with Gasteiger partial charge in [0.2, 0.25) is 0 Å². The van der Waals surface area contributed by atoms with Gasteiger partial charge in [0.25, 0.3) is 5.91 Å². The van der Waals surface area contributed by atoms with Crippen LogP contribution in [0.5, 0.6) is 0 Å². The summed E-state index contributed by atoms with van der Waals surface area (Å²) in [6.07, 6.45) is 1.46. The highest BCUT2D eigenvalue weighted by Crippen LogP contribution is 2.11. The van der Waals surface area contributed by atoms with Crippen LogP contribution in [0.15, 0.2) is 39.9 Å². The Balaban J connectivity index is 2.05. The van der Waals surface area contributed by atoms with Crippen LogP contribution in [0.3, 0.4) is 0 Å². The van der Waals surface area contributed by atoms with Crippen LogP contribution >= 0.6 is 0 Å². The lowest BCUT2D eigenvalue weighted by atomic mass is 10.2. The molecule has 5 heteroatoms. The smallest absolute Gasteiger partial charge is 0.274 e. The van der Waals surface area contributed by atoms with E-state index in [2.05, 4.69) is 10.5 Å². The first-order valence-electron chi connectivity index (χ1n) is 5.73. The van der Waals surface area contributed by atoms with Crippen LogP contribution in [0.1, 0.15) is 27.4 Å². The van der Waals surface area contributed by atoms with Gasteiger partial charge in [-0.3, -0.25) is 4.79 Å². The van der Waals surface area contributed by atoms with Gasteiger partial charge in [-0.2, -0.15) is 5.10 Å². The minimum absolute atomic E-state index is 0.0419. The van der Waals surface area contributed by atoms with Gasteiger partial charge in [-0.05, 0) is 32.0 Å². The van der Waals surface area contributed by atoms with Crippen molar-refractivity contribution in [2.24, 2.45) is 5.10 Å². The minimum atomic E-state index is -0.591. The Morgan fingerprint density at radius 2 is 2.11 bits per heavy atom. The number of nitrogens with zero attached hydrogens (tertiary/aromatic N) is 1. The summed E-state index contributed by atoms with van der Waals surface area (Å²) in [5.74, 6) is 0.304. The van der Waals surface area contributed by atoms with E-state index in [1.165, 1.54) is 24.4 Å². The first-order valence-corrected chi connectivity index (χ1v) is 5.73. The summed E-state index contributed by atoms with van der Waals surface area (Å²) in [5, 5.41) is 3.78. The normalized spacial score (nSPS) is 10.9. The molecule has 2 aromatic rings. The van der Waals surface area contributed by atoms with Gasteiger partial charge in [-0.1, -0.05) is 12.1 Å². The first kappa shape index (κ1) is 13.0. The van der Waals surface area contributed by atoms with E-state index in [4.69, 9.17) is 4.42 Å². The largest absolute Gasteiger partial charge is 0.466 e. The topological polar surface area (TPSA) is 54.6 Å². The average molecular weight is 260 g/mol. The molecule has 98 valence electrons. The average Bonchev–Trinajstić information content (AvgIpc) is 2.68. The Kier molecular flexibility index (Phi) is 3.75. The highest BCUT2D eigenvalue weighted by atomic mass is 19.1. The number of hydrogen-bond acceptors (Lipinski definition) is 3. The van der Waals surface area contributed by atoms with Gasteiger partial charge in [0.15, 0.2) is 0 Å². The maximum absolute atomic E-state index is 13.3. The maximum Gasteiger partial charge on any atom is 0.274 e. The van der Waals surface area contributed by atoms with Crippen molar-refractivity contribution in [3.63, 3.8) is 0 Å². The summed E-state index contributed by atoms with van der Waals surface area (Å²) in [5.41, 5.74) is 3.00. The predicted octanol–water partition coefficient (Wildman–Crippen LogP) is 2.80. The molecule has 0 saturated heterocycles. The van der Waals surface area contributed by atoms with E-state index in [0.717, 1.165) is 11.3 Å². The molecule has 1 aromatic heterocycles. The van der Waals surface area contributed by atoms with Gasteiger partial charge in [0.1, 0.15) is 17.3 Å². The zero-order valence-electron chi connectivity index (χ0n) is 10.6. The van der Waals surface area contributed by atoms with E-state index in [1.54, 1.807) is 19.1 Å². The highest BCUT2D eigenvalue weighted by molar-refractivity contribution is 5.95. The van der Waals surface area contributed by atoms with Crippen molar-refractivity contribution in [1.29, 1.82) is 0 Å². The van der Waals surface area contributed by atoms with E-state index in [9.17, 15) is 9.18 Å². The molecule has 0 aliphatic rings. The van der Waals surface area contributed by atoms with E-state index >= 15 is 0 Å². The van der Waals surface area contributed by atoms with Crippen LogP contribution in [0, 0.1) is 19.7 Å². The van der Waals surface area contributed by atoms with Gasteiger partial charge in [0.05, 0.1) is 11.8 Å². The van der Waals surface area contributed by atoms with Crippen LogP contribution in [0.4, 0.5) is 4.39 Å². The number of amides is 1. The number of halogens is 1. The number of carbonyl (C=O) groups excluding carboxylic acids is 1. The first-order chi connectivity index (χ1) is 9.08. The van der Waals surface area contributed by atoms with E-state index in [-0.39, 0.29) is 5.56 Å². The van der Waals surface area contributed by atoms with Crippen molar-refractivity contribution in [2.45, 2.75) is 13.8 Å². The van der Waals surface area contributed by atoms with Crippen LogP contribution in [0.25, 0.3) is 0 Å². The molecule has 0 unspecified atom stereocenters. The fourth-order valence-electron chi connectivity index (χ4n) is 1.64. The zero-order chi connectivity index (χ0) is 13.8. The van der Waals surface area contributed by atoms with Crippen molar-refractivity contribution < 1.29 is 13.6 Å². The molecule has 1 heterocycles. The molecule has 4 nitrogen and oxygen atoms in total. The number of nitrogens with one attached hydrogen (secondary N) is 1.